The van der Waals surface area contributed by atoms with Crippen LogP contribution < -0.4 is 9.62 Å². The molecule has 9 heteroatoms. The molecule has 0 fully saturated rings. The average Bonchev–Trinajstić information content (AvgIpc) is 2.83. The highest BCUT2D eigenvalue weighted by Gasteiger charge is 2.36. The third-order valence-corrected chi connectivity index (χ3v) is 7.56. The number of hydrogen-bond acceptors (Lipinski definition) is 4. The number of amides is 2. The number of anilines is 2. The maximum Gasteiger partial charge on any atom is 0.265 e. The maximum absolute atomic E-state index is 14.0. The number of halogens is 1. The lowest BCUT2D eigenvalue weighted by molar-refractivity contribution is -0.114. The summed E-state index contributed by atoms with van der Waals surface area (Å²) < 4.78 is 41.7. The fourth-order valence-corrected chi connectivity index (χ4v) is 5.70. The number of hydrogen-bond donors (Lipinski definition) is 1. The first kappa shape index (κ1) is 23.4. The molecule has 7 nitrogen and oxygen atoms in total. The molecule has 1 heterocycles. The molecule has 0 aromatic heterocycles. The zero-order valence-corrected chi connectivity index (χ0v) is 19.6. The zero-order valence-electron chi connectivity index (χ0n) is 18.8. The number of benzene rings is 3. The minimum Gasteiger partial charge on any atom is -0.339 e. The fraction of sp³-hybridized carbons (Fsp3) is 0.200. The van der Waals surface area contributed by atoms with Gasteiger partial charge in [-0.05, 0) is 50.2 Å². The standard InChI is InChI=1S/C25H24FN3O4S/c1-3-28(4-2)25(31)19-10-5-7-11-21(19)27-24(30)16-29-22-14-13-17(26)15-20(22)18-9-6-8-12-23(18)34(29,32)33/h5-15H,3-4,16H2,1-2H3,(H,27,30). The molecule has 0 spiro atoms. The van der Waals surface area contributed by atoms with Gasteiger partial charge in [0, 0.05) is 24.2 Å². The molecule has 0 unspecified atom stereocenters. The Labute approximate surface area is 197 Å². The van der Waals surface area contributed by atoms with E-state index in [4.69, 9.17) is 0 Å². The number of carbonyl (C=O) groups is 2. The smallest absolute Gasteiger partial charge is 0.265 e. The van der Waals surface area contributed by atoms with Crippen LogP contribution in [-0.4, -0.2) is 44.8 Å². The van der Waals surface area contributed by atoms with Crippen LogP contribution in [0.1, 0.15) is 24.2 Å². The molecule has 0 bridgehead atoms. The second-order valence-electron chi connectivity index (χ2n) is 7.74. The van der Waals surface area contributed by atoms with E-state index in [1.165, 1.54) is 18.2 Å². The highest BCUT2D eigenvalue weighted by Crippen LogP contribution is 2.43. The summed E-state index contributed by atoms with van der Waals surface area (Å²) in [5, 5.41) is 2.68. The maximum atomic E-state index is 14.0. The highest BCUT2D eigenvalue weighted by molar-refractivity contribution is 7.93. The van der Waals surface area contributed by atoms with E-state index in [1.807, 2.05) is 13.8 Å². The zero-order chi connectivity index (χ0) is 24.5. The minimum atomic E-state index is -4.07. The summed E-state index contributed by atoms with van der Waals surface area (Å²) >= 11 is 0. The molecule has 34 heavy (non-hydrogen) atoms. The average molecular weight is 482 g/mol. The Balaban J connectivity index is 1.67. The van der Waals surface area contributed by atoms with Crippen LogP contribution in [0, 0.1) is 5.82 Å². The summed E-state index contributed by atoms with van der Waals surface area (Å²) in [6.45, 7) is 4.21. The summed E-state index contributed by atoms with van der Waals surface area (Å²) in [7, 11) is -4.07. The Hall–Kier alpha value is -3.72. The monoisotopic (exact) mass is 481 g/mol. The van der Waals surface area contributed by atoms with Crippen molar-refractivity contribution in [2.45, 2.75) is 18.7 Å². The number of carbonyl (C=O) groups excluding carboxylic acids is 2. The number of nitrogens with one attached hydrogen (secondary N) is 1. The Morgan fingerprint density at radius 1 is 0.941 bits per heavy atom. The van der Waals surface area contributed by atoms with Crippen LogP contribution in [0.2, 0.25) is 0 Å². The van der Waals surface area contributed by atoms with Crippen molar-refractivity contribution in [3.63, 3.8) is 0 Å². The SMILES string of the molecule is CCN(CC)C(=O)c1ccccc1NC(=O)CN1c2ccc(F)cc2-c2ccccc2S1(=O)=O. The largest absolute Gasteiger partial charge is 0.339 e. The van der Waals surface area contributed by atoms with Crippen molar-refractivity contribution in [1.29, 1.82) is 0 Å². The Morgan fingerprint density at radius 2 is 1.62 bits per heavy atom. The summed E-state index contributed by atoms with van der Waals surface area (Å²) in [6.07, 6.45) is 0. The third kappa shape index (κ3) is 4.14. The van der Waals surface area contributed by atoms with Gasteiger partial charge in [-0.1, -0.05) is 30.3 Å². The van der Waals surface area contributed by atoms with Gasteiger partial charge in [-0.3, -0.25) is 13.9 Å². The van der Waals surface area contributed by atoms with Crippen molar-refractivity contribution in [2.75, 3.05) is 29.3 Å². The van der Waals surface area contributed by atoms with Crippen molar-refractivity contribution in [3.8, 4) is 11.1 Å². The molecule has 1 aliphatic rings. The number of nitrogens with zero attached hydrogens (tertiary/aromatic N) is 2. The minimum absolute atomic E-state index is 0.00184. The Bertz CT molecular complexity index is 1370. The second kappa shape index (κ2) is 9.26. The van der Waals surface area contributed by atoms with Gasteiger partial charge in [0.15, 0.2) is 0 Å². The predicted molar refractivity (Wildman–Crippen MR) is 129 cm³/mol. The molecule has 0 saturated carbocycles. The van der Waals surface area contributed by atoms with Crippen LogP contribution in [0.4, 0.5) is 15.8 Å². The van der Waals surface area contributed by atoms with E-state index < -0.39 is 28.3 Å². The summed E-state index contributed by atoms with van der Waals surface area (Å²) in [5.41, 5.74) is 1.58. The number of fused-ring (bicyclic) bond motifs is 3. The van der Waals surface area contributed by atoms with Crippen LogP contribution in [0.3, 0.4) is 0 Å². The molecule has 0 atom stereocenters. The van der Waals surface area contributed by atoms with Crippen molar-refractivity contribution >= 4 is 33.2 Å². The molecule has 1 N–H and O–H groups in total. The van der Waals surface area contributed by atoms with E-state index in [0.29, 0.717) is 35.5 Å². The molecule has 3 aromatic rings. The van der Waals surface area contributed by atoms with Crippen LogP contribution in [-0.2, 0) is 14.8 Å². The van der Waals surface area contributed by atoms with E-state index in [2.05, 4.69) is 5.32 Å². The lowest BCUT2D eigenvalue weighted by atomic mass is 10.0. The van der Waals surface area contributed by atoms with Gasteiger partial charge in [-0.2, -0.15) is 0 Å². The molecule has 2 amide bonds. The van der Waals surface area contributed by atoms with Crippen LogP contribution >= 0.6 is 0 Å². The molecule has 176 valence electrons. The second-order valence-corrected chi connectivity index (χ2v) is 9.57. The topological polar surface area (TPSA) is 86.8 Å². The van der Waals surface area contributed by atoms with Crippen molar-refractivity contribution in [1.82, 2.24) is 4.90 Å². The van der Waals surface area contributed by atoms with Gasteiger partial charge in [0.05, 0.1) is 21.8 Å². The predicted octanol–water partition coefficient (Wildman–Crippen LogP) is 4.12. The molecule has 0 aliphatic carbocycles. The van der Waals surface area contributed by atoms with Gasteiger partial charge in [0.25, 0.3) is 15.9 Å². The van der Waals surface area contributed by atoms with Crippen molar-refractivity contribution < 1.29 is 22.4 Å². The lowest BCUT2D eigenvalue weighted by Gasteiger charge is -2.31. The Kier molecular flexibility index (Phi) is 6.39. The molecule has 3 aromatic carbocycles. The van der Waals surface area contributed by atoms with Crippen molar-refractivity contribution in [2.24, 2.45) is 0 Å². The quantitative estimate of drug-likeness (QED) is 0.574. The first-order chi connectivity index (χ1) is 16.3. The summed E-state index contributed by atoms with van der Waals surface area (Å²) in [4.78, 5) is 27.5. The van der Waals surface area contributed by atoms with E-state index >= 15 is 0 Å². The van der Waals surface area contributed by atoms with Crippen molar-refractivity contribution in [3.05, 3.63) is 78.1 Å². The van der Waals surface area contributed by atoms with Gasteiger partial charge in [0.1, 0.15) is 12.4 Å². The van der Waals surface area contributed by atoms with Gasteiger partial charge in [-0.25, -0.2) is 12.8 Å². The van der Waals surface area contributed by atoms with E-state index in [9.17, 15) is 22.4 Å². The van der Waals surface area contributed by atoms with E-state index in [-0.39, 0.29) is 16.5 Å². The van der Waals surface area contributed by atoms with Gasteiger partial charge in [-0.15, -0.1) is 0 Å². The van der Waals surface area contributed by atoms with Crippen LogP contribution in [0.25, 0.3) is 11.1 Å². The summed E-state index contributed by atoms with van der Waals surface area (Å²) in [5.74, 6) is -1.37. The van der Waals surface area contributed by atoms with Gasteiger partial charge < -0.3 is 10.2 Å². The molecule has 0 saturated heterocycles. The normalized spacial score (nSPS) is 13.6. The third-order valence-electron chi connectivity index (χ3n) is 5.74. The Morgan fingerprint density at radius 3 is 2.35 bits per heavy atom. The van der Waals surface area contributed by atoms with Crippen LogP contribution in [0.5, 0.6) is 0 Å². The number of para-hydroxylation sites is 1. The number of sulfonamides is 1. The van der Waals surface area contributed by atoms with Gasteiger partial charge in [0.2, 0.25) is 5.91 Å². The van der Waals surface area contributed by atoms with E-state index in [1.54, 1.807) is 47.4 Å². The highest BCUT2D eigenvalue weighted by atomic mass is 32.2. The van der Waals surface area contributed by atoms with Gasteiger partial charge >= 0.3 is 0 Å². The molecular weight excluding hydrogens is 457 g/mol. The first-order valence-electron chi connectivity index (χ1n) is 10.9. The molecular formula is C25H24FN3O4S. The molecule has 1 aliphatic heterocycles. The number of rotatable bonds is 6. The lowest BCUT2D eigenvalue weighted by Crippen LogP contribution is -2.40. The summed E-state index contributed by atoms with van der Waals surface area (Å²) in [6, 6.07) is 16.6. The fourth-order valence-electron chi connectivity index (χ4n) is 4.05. The molecule has 4 rings (SSSR count). The van der Waals surface area contributed by atoms with Crippen LogP contribution in [0.15, 0.2) is 71.6 Å². The first-order valence-corrected chi connectivity index (χ1v) is 12.3. The molecule has 0 radical (unpaired) electrons. The van der Waals surface area contributed by atoms with E-state index in [0.717, 1.165) is 10.4 Å².